The quantitative estimate of drug-likeness (QED) is 0.621. The smallest absolute Gasteiger partial charge is 0.353 e. The zero-order valence-electron chi connectivity index (χ0n) is 15.3. The van der Waals surface area contributed by atoms with Crippen LogP contribution in [0.5, 0.6) is 0 Å². The molecule has 6 nitrogen and oxygen atoms in total. The minimum atomic E-state index is -4.50. The SMILES string of the molecule is Cc1cc2c(N3CCN(S(=O)(=O)c4ccc(C(F)(F)F)cc4)CC3)ncnc2s1. The second-order valence-corrected chi connectivity index (χ2v) is 9.86. The summed E-state index contributed by atoms with van der Waals surface area (Å²) in [5.74, 6) is 0.769. The average Bonchev–Trinajstić information content (AvgIpc) is 3.07. The Morgan fingerprint density at radius 2 is 1.69 bits per heavy atom. The molecule has 0 aliphatic carbocycles. The van der Waals surface area contributed by atoms with Gasteiger partial charge in [-0.3, -0.25) is 0 Å². The first-order chi connectivity index (χ1) is 13.7. The first kappa shape index (κ1) is 20.0. The average molecular weight is 442 g/mol. The summed E-state index contributed by atoms with van der Waals surface area (Å²) in [6.07, 6.45) is -3.00. The monoisotopic (exact) mass is 442 g/mol. The molecule has 0 spiro atoms. The third kappa shape index (κ3) is 3.81. The number of anilines is 1. The number of halogens is 3. The summed E-state index contributed by atoms with van der Waals surface area (Å²) >= 11 is 1.57. The number of rotatable bonds is 3. The maximum Gasteiger partial charge on any atom is 0.416 e. The van der Waals surface area contributed by atoms with E-state index in [4.69, 9.17) is 0 Å². The van der Waals surface area contributed by atoms with Gasteiger partial charge in [-0.15, -0.1) is 11.3 Å². The van der Waals surface area contributed by atoms with E-state index in [1.165, 1.54) is 10.6 Å². The van der Waals surface area contributed by atoms with Crippen LogP contribution in [0.25, 0.3) is 10.2 Å². The molecule has 29 heavy (non-hydrogen) atoms. The van der Waals surface area contributed by atoms with Gasteiger partial charge in [0, 0.05) is 31.1 Å². The fourth-order valence-corrected chi connectivity index (χ4v) is 5.58. The van der Waals surface area contributed by atoms with Gasteiger partial charge in [-0.1, -0.05) is 0 Å². The van der Waals surface area contributed by atoms with E-state index in [-0.39, 0.29) is 18.0 Å². The van der Waals surface area contributed by atoms with E-state index < -0.39 is 21.8 Å². The molecule has 1 aliphatic heterocycles. The molecule has 2 aromatic heterocycles. The topological polar surface area (TPSA) is 66.4 Å². The van der Waals surface area contributed by atoms with Crippen LogP contribution in [0, 0.1) is 6.92 Å². The van der Waals surface area contributed by atoms with Crippen molar-refractivity contribution in [3.8, 4) is 0 Å². The van der Waals surface area contributed by atoms with Gasteiger partial charge in [0.2, 0.25) is 10.0 Å². The number of aromatic nitrogens is 2. The van der Waals surface area contributed by atoms with Crippen LogP contribution < -0.4 is 4.90 Å². The number of piperazine rings is 1. The number of hydrogen-bond donors (Lipinski definition) is 0. The van der Waals surface area contributed by atoms with Crippen molar-refractivity contribution in [2.75, 3.05) is 31.1 Å². The van der Waals surface area contributed by atoms with E-state index in [1.54, 1.807) is 11.3 Å². The highest BCUT2D eigenvalue weighted by molar-refractivity contribution is 7.89. The van der Waals surface area contributed by atoms with Crippen molar-refractivity contribution in [1.29, 1.82) is 0 Å². The minimum Gasteiger partial charge on any atom is -0.353 e. The molecule has 0 radical (unpaired) electrons. The minimum absolute atomic E-state index is 0.142. The fraction of sp³-hybridized carbons (Fsp3) is 0.333. The summed E-state index contributed by atoms with van der Waals surface area (Å²) in [7, 11) is -3.86. The number of fused-ring (bicyclic) bond motifs is 1. The standard InChI is InChI=1S/C18H17F3N4O2S2/c1-12-10-15-16(22-11-23-17(15)28-12)24-6-8-25(9-7-24)29(26,27)14-4-2-13(3-5-14)18(19,20)21/h2-5,10-11H,6-9H2,1H3. The van der Waals surface area contributed by atoms with Crippen LogP contribution in [0.3, 0.4) is 0 Å². The van der Waals surface area contributed by atoms with Gasteiger partial charge >= 0.3 is 6.18 Å². The van der Waals surface area contributed by atoms with Crippen molar-refractivity contribution in [1.82, 2.24) is 14.3 Å². The molecule has 1 saturated heterocycles. The molecular weight excluding hydrogens is 425 g/mol. The summed E-state index contributed by atoms with van der Waals surface area (Å²) in [6, 6.07) is 5.61. The largest absolute Gasteiger partial charge is 0.416 e. The fourth-order valence-electron chi connectivity index (χ4n) is 3.32. The summed E-state index contributed by atoms with van der Waals surface area (Å²) < 4.78 is 65.1. The van der Waals surface area contributed by atoms with Crippen molar-refractivity contribution >= 4 is 37.4 Å². The molecule has 3 aromatic rings. The number of alkyl halides is 3. The van der Waals surface area contributed by atoms with Crippen molar-refractivity contribution in [2.24, 2.45) is 0 Å². The Bertz CT molecular complexity index is 1140. The van der Waals surface area contributed by atoms with Crippen molar-refractivity contribution in [3.05, 3.63) is 47.1 Å². The molecular formula is C18H17F3N4O2S2. The molecule has 1 aromatic carbocycles. The normalized spacial score (nSPS) is 16.5. The van der Waals surface area contributed by atoms with Crippen LogP contribution in [-0.2, 0) is 16.2 Å². The van der Waals surface area contributed by atoms with E-state index >= 15 is 0 Å². The maximum absolute atomic E-state index is 12.8. The molecule has 4 rings (SSSR count). The van der Waals surface area contributed by atoms with E-state index in [0.29, 0.717) is 13.1 Å². The zero-order valence-corrected chi connectivity index (χ0v) is 17.0. The zero-order chi connectivity index (χ0) is 20.8. The second-order valence-electron chi connectivity index (χ2n) is 6.69. The van der Waals surface area contributed by atoms with Crippen LogP contribution in [0.4, 0.5) is 19.0 Å². The summed E-state index contributed by atoms with van der Waals surface area (Å²) in [5.41, 5.74) is -0.875. The lowest BCUT2D eigenvalue weighted by molar-refractivity contribution is -0.137. The Balaban J connectivity index is 1.51. The predicted molar refractivity (Wildman–Crippen MR) is 105 cm³/mol. The van der Waals surface area contributed by atoms with Gasteiger partial charge in [0.1, 0.15) is 17.0 Å². The van der Waals surface area contributed by atoms with Crippen molar-refractivity contribution in [2.45, 2.75) is 18.0 Å². The third-order valence-electron chi connectivity index (χ3n) is 4.79. The Labute approximate surface area is 169 Å². The van der Waals surface area contributed by atoms with Crippen LogP contribution in [0.2, 0.25) is 0 Å². The van der Waals surface area contributed by atoms with Gasteiger partial charge in [-0.25, -0.2) is 18.4 Å². The van der Waals surface area contributed by atoms with E-state index in [9.17, 15) is 21.6 Å². The second kappa shape index (κ2) is 7.22. The molecule has 154 valence electrons. The molecule has 0 atom stereocenters. The molecule has 0 saturated carbocycles. The summed E-state index contributed by atoms with van der Waals surface area (Å²) in [5, 5.41) is 0.939. The van der Waals surface area contributed by atoms with Gasteiger partial charge in [0.15, 0.2) is 0 Å². The molecule has 1 aliphatic rings. The van der Waals surface area contributed by atoms with Gasteiger partial charge in [0.25, 0.3) is 0 Å². The summed E-state index contributed by atoms with van der Waals surface area (Å²) in [6.45, 7) is 3.29. The molecule has 3 heterocycles. The van der Waals surface area contributed by atoms with Crippen molar-refractivity contribution < 1.29 is 21.6 Å². The van der Waals surface area contributed by atoms with Gasteiger partial charge in [0.05, 0.1) is 15.8 Å². The third-order valence-corrected chi connectivity index (χ3v) is 7.66. The highest BCUT2D eigenvalue weighted by Gasteiger charge is 2.33. The first-order valence-electron chi connectivity index (χ1n) is 8.80. The maximum atomic E-state index is 12.8. The first-order valence-corrected chi connectivity index (χ1v) is 11.1. The Kier molecular flexibility index (Phi) is 4.99. The van der Waals surface area contributed by atoms with Crippen LogP contribution in [0.15, 0.2) is 41.6 Å². The lowest BCUT2D eigenvalue weighted by Gasteiger charge is -2.34. The molecule has 0 N–H and O–H groups in total. The number of nitrogens with zero attached hydrogens (tertiary/aromatic N) is 4. The summed E-state index contributed by atoms with van der Waals surface area (Å²) in [4.78, 5) is 12.5. The van der Waals surface area contributed by atoms with E-state index in [0.717, 1.165) is 45.2 Å². The highest BCUT2D eigenvalue weighted by atomic mass is 32.2. The highest BCUT2D eigenvalue weighted by Crippen LogP contribution is 2.32. The Morgan fingerprint density at radius 3 is 2.31 bits per heavy atom. The van der Waals surface area contributed by atoms with Crippen LogP contribution in [0.1, 0.15) is 10.4 Å². The number of benzene rings is 1. The van der Waals surface area contributed by atoms with Gasteiger partial charge < -0.3 is 4.90 Å². The molecule has 0 amide bonds. The Morgan fingerprint density at radius 1 is 1.03 bits per heavy atom. The van der Waals surface area contributed by atoms with Crippen LogP contribution in [-0.4, -0.2) is 48.9 Å². The van der Waals surface area contributed by atoms with Crippen molar-refractivity contribution in [3.63, 3.8) is 0 Å². The van der Waals surface area contributed by atoms with E-state index in [1.807, 2.05) is 17.9 Å². The molecule has 0 bridgehead atoms. The number of thiophene rings is 1. The van der Waals surface area contributed by atoms with Gasteiger partial charge in [-0.05, 0) is 37.3 Å². The molecule has 1 fully saturated rings. The number of hydrogen-bond acceptors (Lipinski definition) is 6. The predicted octanol–water partition coefficient (Wildman–Crippen LogP) is 3.53. The van der Waals surface area contributed by atoms with Gasteiger partial charge in [-0.2, -0.15) is 17.5 Å². The lowest BCUT2D eigenvalue weighted by atomic mass is 10.2. The molecule has 11 heteroatoms. The number of sulfonamides is 1. The lowest BCUT2D eigenvalue weighted by Crippen LogP contribution is -2.49. The van der Waals surface area contributed by atoms with E-state index in [2.05, 4.69) is 9.97 Å². The molecule has 0 unspecified atom stereocenters. The Hall–Kier alpha value is -2.24. The van der Waals surface area contributed by atoms with Crippen LogP contribution >= 0.6 is 11.3 Å². The number of aryl methyl sites for hydroxylation is 1.